The molecule has 8 nitrogen and oxygen atoms in total. The van der Waals surface area contributed by atoms with Gasteiger partial charge in [0.2, 0.25) is 5.91 Å². The van der Waals surface area contributed by atoms with Crippen LogP contribution < -0.4 is 5.32 Å². The maximum atomic E-state index is 12.0. The molecule has 0 saturated heterocycles. The van der Waals surface area contributed by atoms with E-state index in [9.17, 15) is 14.9 Å². The molecule has 0 spiro atoms. The second kappa shape index (κ2) is 7.03. The van der Waals surface area contributed by atoms with E-state index in [0.29, 0.717) is 11.4 Å². The van der Waals surface area contributed by atoms with Gasteiger partial charge < -0.3 is 5.32 Å². The molecule has 1 amide bonds. The zero-order valence-electron chi connectivity index (χ0n) is 12.0. The van der Waals surface area contributed by atoms with Gasteiger partial charge in [-0.25, -0.2) is 4.63 Å². The Morgan fingerprint density at radius 1 is 1.41 bits per heavy atom. The van der Waals surface area contributed by atoms with E-state index in [1.807, 2.05) is 0 Å². The van der Waals surface area contributed by atoms with E-state index in [0.717, 1.165) is 4.90 Å². The molecule has 1 N–H and O–H groups in total. The van der Waals surface area contributed by atoms with Gasteiger partial charge in [0.05, 0.1) is 16.7 Å². The fraction of sp³-hybridized carbons (Fsp3) is 0.308. The number of benzene rings is 1. The van der Waals surface area contributed by atoms with Gasteiger partial charge in [0.15, 0.2) is 0 Å². The van der Waals surface area contributed by atoms with Crippen molar-refractivity contribution in [2.75, 3.05) is 0 Å². The summed E-state index contributed by atoms with van der Waals surface area (Å²) in [5, 5.41) is 20.3. The summed E-state index contributed by atoms with van der Waals surface area (Å²) < 4.78 is 4.55. The fourth-order valence-corrected chi connectivity index (χ4v) is 2.52. The fourth-order valence-electron chi connectivity index (χ4n) is 1.63. The number of hydrogen-bond acceptors (Lipinski definition) is 7. The predicted molar refractivity (Wildman–Crippen MR) is 79.3 cm³/mol. The number of non-ortho nitro benzene ring substituents is 1. The lowest BCUT2D eigenvalue weighted by Gasteiger charge is -2.11. The normalized spacial score (nSPS) is 11.9. The molecule has 0 unspecified atom stereocenters. The lowest BCUT2D eigenvalue weighted by Crippen LogP contribution is -2.30. The van der Waals surface area contributed by atoms with Crippen LogP contribution in [0, 0.1) is 17.0 Å². The average molecular weight is 322 g/mol. The average Bonchev–Trinajstić information content (AvgIpc) is 2.90. The van der Waals surface area contributed by atoms with E-state index in [-0.39, 0.29) is 23.4 Å². The number of aromatic nitrogens is 2. The van der Waals surface area contributed by atoms with Crippen LogP contribution in [0.4, 0.5) is 5.69 Å². The minimum absolute atomic E-state index is 0.0236. The Hall–Kier alpha value is -2.42. The third kappa shape index (κ3) is 4.04. The zero-order chi connectivity index (χ0) is 16.1. The monoisotopic (exact) mass is 322 g/mol. The highest BCUT2D eigenvalue weighted by molar-refractivity contribution is 8.00. The number of rotatable bonds is 6. The van der Waals surface area contributed by atoms with Gasteiger partial charge in [-0.1, -0.05) is 10.3 Å². The molecule has 1 atom stereocenters. The molecule has 0 aliphatic rings. The van der Waals surface area contributed by atoms with Crippen LogP contribution in [0.3, 0.4) is 0 Å². The molecule has 0 bridgehead atoms. The number of carbonyl (C=O) groups is 1. The molecule has 1 heterocycles. The molecule has 9 heteroatoms. The van der Waals surface area contributed by atoms with E-state index in [4.69, 9.17) is 0 Å². The second-order valence-electron chi connectivity index (χ2n) is 4.53. The van der Waals surface area contributed by atoms with Gasteiger partial charge in [-0.15, -0.1) is 11.8 Å². The van der Waals surface area contributed by atoms with Crippen LogP contribution in [0.2, 0.25) is 0 Å². The van der Waals surface area contributed by atoms with Crippen molar-refractivity contribution in [2.45, 2.75) is 30.5 Å². The number of thioether (sulfide) groups is 1. The summed E-state index contributed by atoms with van der Waals surface area (Å²) >= 11 is 1.32. The van der Waals surface area contributed by atoms with Gasteiger partial charge in [-0.2, -0.15) is 0 Å². The first kappa shape index (κ1) is 16.0. The molecule has 2 rings (SSSR count). The highest BCUT2D eigenvalue weighted by Crippen LogP contribution is 2.25. The molecule has 22 heavy (non-hydrogen) atoms. The quantitative estimate of drug-likeness (QED) is 0.492. The summed E-state index contributed by atoms with van der Waals surface area (Å²) in [7, 11) is 0. The number of nitro benzene ring substituents is 1. The molecule has 0 aliphatic carbocycles. The van der Waals surface area contributed by atoms with E-state index >= 15 is 0 Å². The van der Waals surface area contributed by atoms with Gasteiger partial charge in [-0.05, 0) is 26.0 Å². The van der Waals surface area contributed by atoms with E-state index < -0.39 is 4.92 Å². The Morgan fingerprint density at radius 2 is 2.09 bits per heavy atom. The summed E-state index contributed by atoms with van der Waals surface area (Å²) in [5.41, 5.74) is 1.24. The van der Waals surface area contributed by atoms with Crippen molar-refractivity contribution in [1.29, 1.82) is 0 Å². The lowest BCUT2D eigenvalue weighted by molar-refractivity contribution is -0.384. The van der Waals surface area contributed by atoms with Gasteiger partial charge in [0, 0.05) is 17.0 Å². The summed E-state index contributed by atoms with van der Waals surface area (Å²) in [4.78, 5) is 22.9. The van der Waals surface area contributed by atoms with Crippen molar-refractivity contribution in [1.82, 2.24) is 15.6 Å². The number of aryl methyl sites for hydroxylation is 1. The summed E-state index contributed by atoms with van der Waals surface area (Å²) in [6, 6.07) is 6.07. The molecule has 1 aromatic heterocycles. The maximum Gasteiger partial charge on any atom is 0.269 e. The predicted octanol–water partition coefficient (Wildman–Crippen LogP) is 2.08. The Bertz CT molecular complexity index is 671. The highest BCUT2D eigenvalue weighted by atomic mass is 32.2. The van der Waals surface area contributed by atoms with Crippen LogP contribution in [0.5, 0.6) is 0 Å². The Kier molecular flexibility index (Phi) is 5.10. The molecule has 0 fully saturated rings. The first-order valence-electron chi connectivity index (χ1n) is 6.44. The molecule has 0 saturated carbocycles. The Labute approximate surface area is 130 Å². The standard InChI is InChI=1S/C13H14N4O4S/c1-8-12(16-21-15-8)7-14-13(18)9(2)22-11-5-3-10(4-6-11)17(19)20/h3-6,9H,7H2,1-2H3,(H,14,18)/t9-/m0/s1. The summed E-state index contributed by atoms with van der Waals surface area (Å²) in [5.74, 6) is -0.161. The van der Waals surface area contributed by atoms with E-state index in [1.165, 1.54) is 23.9 Å². The SMILES string of the molecule is Cc1nonc1CNC(=O)[C@H](C)Sc1ccc([N+](=O)[O-])cc1. The lowest BCUT2D eigenvalue weighted by atomic mass is 10.3. The number of carbonyl (C=O) groups excluding carboxylic acids is 1. The molecule has 1 aromatic carbocycles. The molecular weight excluding hydrogens is 308 g/mol. The van der Waals surface area contributed by atoms with Crippen molar-refractivity contribution < 1.29 is 14.3 Å². The van der Waals surface area contributed by atoms with Crippen LogP contribution >= 0.6 is 11.8 Å². The van der Waals surface area contributed by atoms with Gasteiger partial charge in [0.25, 0.3) is 5.69 Å². The third-order valence-electron chi connectivity index (χ3n) is 2.91. The summed E-state index contributed by atoms with van der Waals surface area (Å²) in [6.07, 6.45) is 0. The maximum absolute atomic E-state index is 12.0. The highest BCUT2D eigenvalue weighted by Gasteiger charge is 2.16. The van der Waals surface area contributed by atoms with Crippen LogP contribution in [0.25, 0.3) is 0 Å². The van der Waals surface area contributed by atoms with Crippen molar-refractivity contribution in [3.05, 3.63) is 45.8 Å². The molecule has 0 radical (unpaired) electrons. The Balaban J connectivity index is 1.88. The van der Waals surface area contributed by atoms with E-state index in [2.05, 4.69) is 20.3 Å². The molecule has 0 aliphatic heterocycles. The number of nitro groups is 1. The van der Waals surface area contributed by atoms with Crippen molar-refractivity contribution in [2.24, 2.45) is 0 Å². The Morgan fingerprint density at radius 3 is 2.64 bits per heavy atom. The van der Waals surface area contributed by atoms with E-state index in [1.54, 1.807) is 26.0 Å². The number of hydrogen-bond donors (Lipinski definition) is 1. The largest absolute Gasteiger partial charge is 0.349 e. The minimum atomic E-state index is -0.459. The zero-order valence-corrected chi connectivity index (χ0v) is 12.8. The first-order valence-corrected chi connectivity index (χ1v) is 7.32. The smallest absolute Gasteiger partial charge is 0.269 e. The number of amides is 1. The van der Waals surface area contributed by atoms with Gasteiger partial charge >= 0.3 is 0 Å². The van der Waals surface area contributed by atoms with Crippen molar-refractivity contribution >= 4 is 23.4 Å². The van der Waals surface area contributed by atoms with Crippen LogP contribution in [-0.4, -0.2) is 26.4 Å². The third-order valence-corrected chi connectivity index (χ3v) is 4.02. The van der Waals surface area contributed by atoms with Gasteiger partial charge in [0.1, 0.15) is 11.4 Å². The number of nitrogens with one attached hydrogen (secondary N) is 1. The molecule has 2 aromatic rings. The number of nitrogens with zero attached hydrogens (tertiary/aromatic N) is 3. The first-order chi connectivity index (χ1) is 10.5. The minimum Gasteiger partial charge on any atom is -0.349 e. The van der Waals surface area contributed by atoms with Crippen LogP contribution in [0.15, 0.2) is 33.8 Å². The molecular formula is C13H14N4O4S. The van der Waals surface area contributed by atoms with Crippen LogP contribution in [0.1, 0.15) is 18.3 Å². The van der Waals surface area contributed by atoms with Gasteiger partial charge in [-0.3, -0.25) is 14.9 Å². The van der Waals surface area contributed by atoms with Crippen molar-refractivity contribution in [3.63, 3.8) is 0 Å². The second-order valence-corrected chi connectivity index (χ2v) is 5.94. The van der Waals surface area contributed by atoms with Crippen molar-refractivity contribution in [3.8, 4) is 0 Å². The topological polar surface area (TPSA) is 111 Å². The summed E-state index contributed by atoms with van der Waals surface area (Å²) in [6.45, 7) is 3.75. The molecule has 116 valence electrons. The van der Waals surface area contributed by atoms with Crippen LogP contribution in [-0.2, 0) is 11.3 Å².